The fourth-order valence-corrected chi connectivity index (χ4v) is 6.90. The lowest BCUT2D eigenvalue weighted by Gasteiger charge is -2.54. The van der Waals surface area contributed by atoms with E-state index in [2.05, 4.69) is 5.32 Å². The Morgan fingerprint density at radius 3 is 2.16 bits per heavy atom. The molecule has 0 spiro atoms. The first-order valence-corrected chi connectivity index (χ1v) is 12.3. The van der Waals surface area contributed by atoms with Gasteiger partial charge >= 0.3 is 0 Å². The van der Waals surface area contributed by atoms with Crippen molar-refractivity contribution in [3.63, 3.8) is 0 Å². The molecule has 0 aliphatic heterocycles. The Morgan fingerprint density at radius 2 is 1.52 bits per heavy atom. The third kappa shape index (κ3) is 4.53. The zero-order valence-electron chi connectivity index (χ0n) is 17.7. The van der Waals surface area contributed by atoms with Crippen LogP contribution in [0.25, 0.3) is 0 Å². The van der Waals surface area contributed by atoms with E-state index in [9.17, 15) is 0 Å². The van der Waals surface area contributed by atoms with Gasteiger partial charge < -0.3 is 14.8 Å². The second kappa shape index (κ2) is 9.02. The van der Waals surface area contributed by atoms with Gasteiger partial charge in [-0.3, -0.25) is 0 Å². The van der Waals surface area contributed by atoms with E-state index in [0.29, 0.717) is 39.2 Å². The lowest BCUT2D eigenvalue weighted by atomic mass is 9.54. The van der Waals surface area contributed by atoms with Crippen molar-refractivity contribution in [2.75, 3.05) is 7.11 Å². The highest BCUT2D eigenvalue weighted by molar-refractivity contribution is 6.42. The number of methoxy groups -OCH3 is 1. The summed E-state index contributed by atoms with van der Waals surface area (Å²) in [4.78, 5) is 0. The Bertz CT molecular complexity index is 936. The number of benzene rings is 2. The number of hydrogen-bond acceptors (Lipinski definition) is 3. The first-order chi connectivity index (χ1) is 15.0. The molecular weight excluding hydrogens is 453 g/mol. The van der Waals surface area contributed by atoms with Crippen molar-refractivity contribution in [2.24, 2.45) is 23.7 Å². The second-order valence-electron chi connectivity index (χ2n) is 9.48. The molecule has 4 aliphatic rings. The van der Waals surface area contributed by atoms with Crippen LogP contribution >= 0.6 is 34.8 Å². The Labute approximate surface area is 199 Å². The van der Waals surface area contributed by atoms with Crippen LogP contribution in [0.15, 0.2) is 30.3 Å². The average Bonchev–Trinajstić information content (AvgIpc) is 2.74. The summed E-state index contributed by atoms with van der Waals surface area (Å²) in [7, 11) is 1.65. The van der Waals surface area contributed by atoms with Crippen molar-refractivity contribution >= 4 is 34.8 Å². The summed E-state index contributed by atoms with van der Waals surface area (Å²) in [5.41, 5.74) is 2.04. The van der Waals surface area contributed by atoms with Crippen molar-refractivity contribution in [1.29, 1.82) is 0 Å². The molecule has 2 aromatic carbocycles. The molecule has 0 aromatic heterocycles. The van der Waals surface area contributed by atoms with Gasteiger partial charge in [0.15, 0.2) is 11.5 Å². The van der Waals surface area contributed by atoms with E-state index >= 15 is 0 Å². The topological polar surface area (TPSA) is 30.5 Å². The van der Waals surface area contributed by atoms with E-state index in [1.54, 1.807) is 19.2 Å². The molecule has 4 aliphatic carbocycles. The SMILES string of the molecule is COc1cc(CNC2C3CC4CC(C3)CC2C4)cc(Cl)c1OCc1ccc(Cl)c(Cl)c1. The van der Waals surface area contributed by atoms with Gasteiger partial charge in [-0.05, 0) is 91.2 Å². The number of hydrogen-bond donors (Lipinski definition) is 1. The van der Waals surface area contributed by atoms with Gasteiger partial charge in [0, 0.05) is 12.6 Å². The molecule has 4 saturated carbocycles. The maximum Gasteiger partial charge on any atom is 0.180 e. The first kappa shape index (κ1) is 21.7. The minimum atomic E-state index is 0.332. The smallest absolute Gasteiger partial charge is 0.180 e. The quantitative estimate of drug-likeness (QED) is 0.456. The molecule has 0 unspecified atom stereocenters. The highest BCUT2D eigenvalue weighted by atomic mass is 35.5. The number of nitrogens with one attached hydrogen (secondary N) is 1. The molecule has 31 heavy (non-hydrogen) atoms. The number of rotatable bonds is 7. The van der Waals surface area contributed by atoms with E-state index in [1.165, 1.54) is 32.1 Å². The van der Waals surface area contributed by atoms with Crippen LogP contribution in [0.4, 0.5) is 0 Å². The van der Waals surface area contributed by atoms with Crippen LogP contribution in [-0.4, -0.2) is 13.2 Å². The van der Waals surface area contributed by atoms with Crippen molar-refractivity contribution in [3.8, 4) is 11.5 Å². The fourth-order valence-electron chi connectivity index (χ4n) is 6.29. The van der Waals surface area contributed by atoms with E-state index < -0.39 is 0 Å². The molecule has 6 heteroatoms. The Morgan fingerprint density at radius 1 is 0.839 bits per heavy atom. The van der Waals surface area contributed by atoms with Gasteiger partial charge in [-0.2, -0.15) is 0 Å². The standard InChI is InChI=1S/C25H28Cl3NO2/c1-30-23-11-17(12-29-24-18-5-15-4-16(7-18)8-19(24)6-15)10-22(28)25(23)31-13-14-2-3-20(26)21(27)9-14/h2-3,9-11,15-16,18-19,24,29H,4-8,12-13H2,1H3. The maximum absolute atomic E-state index is 6.60. The van der Waals surface area contributed by atoms with E-state index in [0.717, 1.165) is 41.3 Å². The molecule has 0 radical (unpaired) electrons. The third-order valence-electron chi connectivity index (χ3n) is 7.43. The normalized spacial score (nSPS) is 28.7. The number of ether oxygens (including phenoxy) is 2. The molecule has 0 atom stereocenters. The summed E-state index contributed by atoms with van der Waals surface area (Å²) in [5.74, 6) is 4.87. The van der Waals surface area contributed by atoms with Gasteiger partial charge in [-0.1, -0.05) is 40.9 Å². The highest BCUT2D eigenvalue weighted by Gasteiger charge is 2.47. The Hall–Kier alpha value is -1.13. The Balaban J connectivity index is 1.25. The minimum Gasteiger partial charge on any atom is -0.493 e. The zero-order valence-corrected chi connectivity index (χ0v) is 19.9. The van der Waals surface area contributed by atoms with Gasteiger partial charge in [0.2, 0.25) is 0 Å². The fraction of sp³-hybridized carbons (Fsp3) is 0.520. The lowest BCUT2D eigenvalue weighted by molar-refractivity contribution is -0.0142. The van der Waals surface area contributed by atoms with Crippen molar-refractivity contribution in [1.82, 2.24) is 5.32 Å². The minimum absolute atomic E-state index is 0.332. The summed E-state index contributed by atoms with van der Waals surface area (Å²) in [6, 6.07) is 10.1. The molecule has 0 heterocycles. The van der Waals surface area contributed by atoms with Gasteiger partial charge in [0.05, 0.1) is 22.2 Å². The van der Waals surface area contributed by atoms with Gasteiger partial charge in [0.25, 0.3) is 0 Å². The predicted octanol–water partition coefficient (Wildman–Crippen LogP) is 7.15. The molecule has 6 rings (SSSR count). The van der Waals surface area contributed by atoms with Gasteiger partial charge in [0.1, 0.15) is 6.61 Å². The average molecular weight is 481 g/mol. The number of halogens is 3. The molecule has 4 fully saturated rings. The van der Waals surface area contributed by atoms with E-state index in [1.807, 2.05) is 18.2 Å². The molecular formula is C25H28Cl3NO2. The maximum atomic E-state index is 6.60. The molecule has 2 aromatic rings. The summed E-state index contributed by atoms with van der Waals surface area (Å²) < 4.78 is 11.6. The lowest BCUT2D eigenvalue weighted by Crippen LogP contribution is -2.54. The third-order valence-corrected chi connectivity index (χ3v) is 8.44. The molecule has 3 nitrogen and oxygen atoms in total. The predicted molar refractivity (Wildman–Crippen MR) is 126 cm³/mol. The molecule has 0 amide bonds. The van der Waals surface area contributed by atoms with Crippen LogP contribution in [0.2, 0.25) is 15.1 Å². The zero-order chi connectivity index (χ0) is 21.5. The van der Waals surface area contributed by atoms with Crippen LogP contribution in [0, 0.1) is 23.7 Å². The first-order valence-electron chi connectivity index (χ1n) is 11.2. The molecule has 166 valence electrons. The van der Waals surface area contributed by atoms with Gasteiger partial charge in [-0.15, -0.1) is 0 Å². The summed E-state index contributed by atoms with van der Waals surface area (Å²) in [6.45, 7) is 1.13. The van der Waals surface area contributed by atoms with Crippen LogP contribution < -0.4 is 14.8 Å². The van der Waals surface area contributed by atoms with Gasteiger partial charge in [-0.25, -0.2) is 0 Å². The van der Waals surface area contributed by atoms with Crippen molar-refractivity contribution < 1.29 is 9.47 Å². The summed E-state index contributed by atoms with van der Waals surface area (Å²) in [6.07, 6.45) is 7.13. The second-order valence-corrected chi connectivity index (χ2v) is 10.7. The van der Waals surface area contributed by atoms with Crippen molar-refractivity contribution in [2.45, 2.75) is 51.3 Å². The van der Waals surface area contributed by atoms with Crippen LogP contribution in [-0.2, 0) is 13.2 Å². The summed E-state index contributed by atoms with van der Waals surface area (Å²) in [5, 5.41) is 5.45. The van der Waals surface area contributed by atoms with Crippen LogP contribution in [0.5, 0.6) is 11.5 Å². The molecule has 1 N–H and O–H groups in total. The van der Waals surface area contributed by atoms with E-state index in [4.69, 9.17) is 44.3 Å². The highest BCUT2D eigenvalue weighted by Crippen LogP contribution is 2.53. The summed E-state index contributed by atoms with van der Waals surface area (Å²) >= 11 is 18.7. The van der Waals surface area contributed by atoms with Crippen LogP contribution in [0.3, 0.4) is 0 Å². The van der Waals surface area contributed by atoms with E-state index in [-0.39, 0.29) is 0 Å². The molecule has 4 bridgehead atoms. The monoisotopic (exact) mass is 479 g/mol. The van der Waals surface area contributed by atoms with Crippen molar-refractivity contribution in [3.05, 3.63) is 56.5 Å². The molecule has 0 saturated heterocycles. The largest absolute Gasteiger partial charge is 0.493 e. The van der Waals surface area contributed by atoms with Crippen LogP contribution in [0.1, 0.15) is 43.2 Å². The Kier molecular flexibility index (Phi) is 6.31.